The Bertz CT molecular complexity index is 415. The molecule has 1 unspecified atom stereocenters. The maximum Gasteiger partial charge on any atom is 0.125 e. The van der Waals surface area contributed by atoms with Gasteiger partial charge in [-0.3, -0.25) is 0 Å². The highest BCUT2D eigenvalue weighted by atomic mass is 16.5. The number of nitriles is 1. The molecule has 0 saturated heterocycles. The van der Waals surface area contributed by atoms with Gasteiger partial charge >= 0.3 is 0 Å². The SMILES string of the molecule is CCNCC(O)COc1c(C)cc(C#N)cc1C. The van der Waals surface area contributed by atoms with E-state index in [0.29, 0.717) is 12.1 Å². The van der Waals surface area contributed by atoms with Crippen molar-refractivity contribution in [3.63, 3.8) is 0 Å². The molecule has 2 N–H and O–H groups in total. The smallest absolute Gasteiger partial charge is 0.125 e. The fraction of sp³-hybridized carbons (Fsp3) is 0.500. The summed E-state index contributed by atoms with van der Waals surface area (Å²) in [4.78, 5) is 0. The summed E-state index contributed by atoms with van der Waals surface area (Å²) in [6.07, 6.45) is -0.528. The molecule has 0 aliphatic heterocycles. The molecule has 0 radical (unpaired) electrons. The van der Waals surface area contributed by atoms with Gasteiger partial charge in [0.15, 0.2) is 0 Å². The second kappa shape index (κ2) is 7.00. The van der Waals surface area contributed by atoms with Crippen molar-refractivity contribution in [1.82, 2.24) is 5.32 Å². The molecule has 0 saturated carbocycles. The minimum Gasteiger partial charge on any atom is -0.490 e. The lowest BCUT2D eigenvalue weighted by molar-refractivity contribution is 0.106. The minimum atomic E-state index is -0.528. The Morgan fingerprint density at radius 3 is 2.50 bits per heavy atom. The van der Waals surface area contributed by atoms with Crippen LogP contribution in [0.4, 0.5) is 0 Å². The molecule has 0 aromatic heterocycles. The summed E-state index contributed by atoms with van der Waals surface area (Å²) in [6, 6.07) is 5.70. The van der Waals surface area contributed by atoms with Crippen LogP contribution in [0, 0.1) is 25.2 Å². The number of rotatable bonds is 6. The first-order valence-electron chi connectivity index (χ1n) is 6.11. The van der Waals surface area contributed by atoms with Crippen molar-refractivity contribution >= 4 is 0 Å². The number of hydrogen-bond acceptors (Lipinski definition) is 4. The lowest BCUT2D eigenvalue weighted by atomic mass is 10.1. The van der Waals surface area contributed by atoms with Crippen LogP contribution in [0.3, 0.4) is 0 Å². The minimum absolute atomic E-state index is 0.251. The van der Waals surface area contributed by atoms with Gasteiger partial charge in [-0.2, -0.15) is 5.26 Å². The Balaban J connectivity index is 2.65. The number of aliphatic hydroxyl groups excluding tert-OH is 1. The summed E-state index contributed by atoms with van der Waals surface area (Å²) in [7, 11) is 0. The number of aliphatic hydroxyl groups is 1. The largest absolute Gasteiger partial charge is 0.490 e. The number of likely N-dealkylation sites (N-methyl/N-ethyl adjacent to an activating group) is 1. The van der Waals surface area contributed by atoms with Crippen molar-refractivity contribution < 1.29 is 9.84 Å². The lowest BCUT2D eigenvalue weighted by Gasteiger charge is -2.16. The Hall–Kier alpha value is -1.57. The summed E-state index contributed by atoms with van der Waals surface area (Å²) in [5, 5.41) is 21.6. The third kappa shape index (κ3) is 4.02. The number of aryl methyl sites for hydroxylation is 2. The summed E-state index contributed by atoms with van der Waals surface area (Å²) in [6.45, 7) is 7.39. The molecule has 0 bridgehead atoms. The predicted octanol–water partition coefficient (Wildman–Crippen LogP) is 1.52. The summed E-state index contributed by atoms with van der Waals surface area (Å²) < 4.78 is 5.63. The second-order valence-corrected chi connectivity index (χ2v) is 4.32. The zero-order valence-electron chi connectivity index (χ0n) is 11.2. The predicted molar refractivity (Wildman–Crippen MR) is 70.7 cm³/mol. The molecule has 0 heterocycles. The van der Waals surface area contributed by atoms with Crippen LogP contribution in [0.25, 0.3) is 0 Å². The van der Waals surface area contributed by atoms with Crippen LogP contribution in [0.15, 0.2) is 12.1 Å². The molecule has 18 heavy (non-hydrogen) atoms. The van der Waals surface area contributed by atoms with Crippen molar-refractivity contribution in [2.45, 2.75) is 26.9 Å². The van der Waals surface area contributed by atoms with Crippen LogP contribution in [-0.2, 0) is 0 Å². The molecule has 0 amide bonds. The molecule has 0 spiro atoms. The van der Waals surface area contributed by atoms with Crippen LogP contribution in [-0.4, -0.2) is 30.9 Å². The van der Waals surface area contributed by atoms with E-state index in [2.05, 4.69) is 11.4 Å². The monoisotopic (exact) mass is 248 g/mol. The molecule has 0 fully saturated rings. The number of nitrogens with zero attached hydrogens (tertiary/aromatic N) is 1. The van der Waals surface area contributed by atoms with Crippen molar-refractivity contribution in [2.75, 3.05) is 19.7 Å². The first-order chi connectivity index (χ1) is 8.58. The number of ether oxygens (including phenoxy) is 1. The van der Waals surface area contributed by atoms with Crippen LogP contribution >= 0.6 is 0 Å². The number of nitrogens with one attached hydrogen (secondary N) is 1. The van der Waals surface area contributed by atoms with E-state index in [1.165, 1.54) is 0 Å². The highest BCUT2D eigenvalue weighted by Crippen LogP contribution is 2.24. The fourth-order valence-corrected chi connectivity index (χ4v) is 1.79. The quantitative estimate of drug-likeness (QED) is 0.801. The molecule has 98 valence electrons. The molecule has 0 aliphatic carbocycles. The van der Waals surface area contributed by atoms with Crippen molar-refractivity contribution in [1.29, 1.82) is 5.26 Å². The van der Waals surface area contributed by atoms with Crippen molar-refractivity contribution in [3.05, 3.63) is 28.8 Å². The zero-order chi connectivity index (χ0) is 13.5. The van der Waals surface area contributed by atoms with Gasteiger partial charge in [-0.05, 0) is 43.7 Å². The summed E-state index contributed by atoms with van der Waals surface area (Å²) in [5.74, 6) is 0.754. The number of hydrogen-bond donors (Lipinski definition) is 2. The van der Waals surface area contributed by atoms with Gasteiger partial charge in [0, 0.05) is 6.54 Å². The average molecular weight is 248 g/mol. The van der Waals surface area contributed by atoms with Crippen LogP contribution in [0.5, 0.6) is 5.75 Å². The van der Waals surface area contributed by atoms with Gasteiger partial charge in [0.25, 0.3) is 0 Å². The molecule has 4 heteroatoms. The normalized spacial score (nSPS) is 11.9. The van der Waals surface area contributed by atoms with E-state index in [9.17, 15) is 5.11 Å². The maximum atomic E-state index is 9.68. The van der Waals surface area contributed by atoms with E-state index >= 15 is 0 Å². The highest BCUT2D eigenvalue weighted by Gasteiger charge is 2.09. The molecule has 4 nitrogen and oxygen atoms in total. The van der Waals surface area contributed by atoms with E-state index in [0.717, 1.165) is 23.4 Å². The van der Waals surface area contributed by atoms with Gasteiger partial charge in [-0.25, -0.2) is 0 Å². The van der Waals surface area contributed by atoms with Gasteiger partial charge < -0.3 is 15.2 Å². The van der Waals surface area contributed by atoms with Gasteiger partial charge in [-0.15, -0.1) is 0 Å². The van der Waals surface area contributed by atoms with Crippen LogP contribution in [0.2, 0.25) is 0 Å². The molecular weight excluding hydrogens is 228 g/mol. The summed E-state index contributed by atoms with van der Waals surface area (Å²) >= 11 is 0. The maximum absolute atomic E-state index is 9.68. The second-order valence-electron chi connectivity index (χ2n) is 4.32. The Labute approximate surface area is 108 Å². The van der Waals surface area contributed by atoms with Gasteiger partial charge in [0.2, 0.25) is 0 Å². The van der Waals surface area contributed by atoms with Gasteiger partial charge in [0.05, 0.1) is 11.6 Å². The fourth-order valence-electron chi connectivity index (χ4n) is 1.79. The first kappa shape index (κ1) is 14.5. The van der Waals surface area contributed by atoms with E-state index in [-0.39, 0.29) is 6.61 Å². The lowest BCUT2D eigenvalue weighted by Crippen LogP contribution is -2.31. The van der Waals surface area contributed by atoms with E-state index < -0.39 is 6.10 Å². The molecule has 1 aromatic rings. The molecule has 1 aromatic carbocycles. The third-order valence-corrected chi connectivity index (χ3v) is 2.64. The van der Waals surface area contributed by atoms with Crippen molar-refractivity contribution in [2.24, 2.45) is 0 Å². The van der Waals surface area contributed by atoms with E-state index in [1.807, 2.05) is 20.8 Å². The molecule has 1 rings (SSSR count). The zero-order valence-corrected chi connectivity index (χ0v) is 11.2. The van der Waals surface area contributed by atoms with Crippen molar-refractivity contribution in [3.8, 4) is 11.8 Å². The highest BCUT2D eigenvalue weighted by molar-refractivity contribution is 5.47. The van der Waals surface area contributed by atoms with Crippen LogP contribution < -0.4 is 10.1 Å². The Kier molecular flexibility index (Phi) is 5.63. The van der Waals surface area contributed by atoms with Gasteiger partial charge in [-0.1, -0.05) is 6.92 Å². The average Bonchev–Trinajstić information content (AvgIpc) is 2.34. The summed E-state index contributed by atoms with van der Waals surface area (Å²) in [5.41, 5.74) is 2.47. The number of benzene rings is 1. The molecular formula is C14H20N2O2. The Morgan fingerprint density at radius 2 is 2.00 bits per heavy atom. The van der Waals surface area contributed by atoms with Crippen LogP contribution in [0.1, 0.15) is 23.6 Å². The molecule has 1 atom stereocenters. The Morgan fingerprint density at radius 1 is 1.39 bits per heavy atom. The standard InChI is InChI=1S/C14H20N2O2/c1-4-16-8-13(17)9-18-14-10(2)5-12(7-15)6-11(14)3/h5-6,13,16-17H,4,8-9H2,1-3H3. The first-order valence-corrected chi connectivity index (χ1v) is 6.11. The third-order valence-electron chi connectivity index (χ3n) is 2.64. The van der Waals surface area contributed by atoms with Gasteiger partial charge in [0.1, 0.15) is 18.5 Å². The van der Waals surface area contributed by atoms with E-state index in [1.54, 1.807) is 12.1 Å². The van der Waals surface area contributed by atoms with E-state index in [4.69, 9.17) is 10.00 Å². The topological polar surface area (TPSA) is 65.3 Å². The molecule has 0 aliphatic rings.